The zero-order valence-electron chi connectivity index (χ0n) is 12.0. The fourth-order valence-electron chi connectivity index (χ4n) is 2.01. The number of phenols is 2. The molecule has 22 heavy (non-hydrogen) atoms. The number of nitrogen functional groups attached to an aromatic ring is 1. The molecule has 0 fully saturated rings. The molecule has 1 atom stereocenters. The quantitative estimate of drug-likeness (QED) is 0.514. The van der Waals surface area contributed by atoms with Crippen molar-refractivity contribution in [3.63, 3.8) is 0 Å². The smallest absolute Gasteiger partial charge is 0.227 e. The molecule has 0 bridgehead atoms. The van der Waals surface area contributed by atoms with Gasteiger partial charge in [-0.1, -0.05) is 24.6 Å². The van der Waals surface area contributed by atoms with Gasteiger partial charge in [-0.3, -0.25) is 4.79 Å². The number of hydrogen-bond acceptors (Lipinski definition) is 4. The first-order chi connectivity index (χ1) is 10.4. The molecule has 0 aromatic heterocycles. The molecule has 6 heteroatoms. The molecular formula is C16H17ClN2O3. The molecule has 0 saturated heterocycles. The van der Waals surface area contributed by atoms with E-state index in [2.05, 4.69) is 5.32 Å². The molecule has 0 radical (unpaired) electrons. The lowest BCUT2D eigenvalue weighted by molar-refractivity contribution is -0.119. The number of carbonyl (C=O) groups excluding carboxylic acids is 1. The van der Waals surface area contributed by atoms with Gasteiger partial charge in [0.05, 0.1) is 10.7 Å². The number of phenolic OH excluding ortho intramolecular Hbond substituents is 2. The van der Waals surface area contributed by atoms with Crippen LogP contribution < -0.4 is 11.1 Å². The summed E-state index contributed by atoms with van der Waals surface area (Å²) in [7, 11) is 0. The molecule has 0 aliphatic carbocycles. The van der Waals surface area contributed by atoms with E-state index in [0.717, 1.165) is 5.56 Å². The van der Waals surface area contributed by atoms with Crippen molar-refractivity contribution < 1.29 is 15.0 Å². The van der Waals surface area contributed by atoms with Crippen molar-refractivity contribution in [2.24, 2.45) is 5.92 Å². The summed E-state index contributed by atoms with van der Waals surface area (Å²) in [6.07, 6.45) is 0.433. The minimum Gasteiger partial charge on any atom is -0.504 e. The number of anilines is 2. The third kappa shape index (κ3) is 3.83. The van der Waals surface area contributed by atoms with Gasteiger partial charge in [-0.05, 0) is 42.3 Å². The lowest BCUT2D eigenvalue weighted by atomic mass is 10.00. The number of nitrogens with two attached hydrogens (primary N) is 1. The van der Waals surface area contributed by atoms with E-state index >= 15 is 0 Å². The molecular weight excluding hydrogens is 304 g/mol. The molecule has 5 nitrogen and oxygen atoms in total. The lowest BCUT2D eigenvalue weighted by Crippen LogP contribution is -2.22. The molecule has 0 heterocycles. The van der Waals surface area contributed by atoms with Gasteiger partial charge < -0.3 is 21.3 Å². The first-order valence-electron chi connectivity index (χ1n) is 6.73. The molecule has 0 spiro atoms. The average Bonchev–Trinajstić information content (AvgIpc) is 2.46. The molecule has 0 aliphatic rings. The summed E-state index contributed by atoms with van der Waals surface area (Å²) in [5, 5.41) is 21.9. The predicted octanol–water partition coefficient (Wildman–Crippen LogP) is 3.15. The van der Waals surface area contributed by atoms with Crippen LogP contribution in [0.2, 0.25) is 5.02 Å². The first-order valence-corrected chi connectivity index (χ1v) is 7.11. The second kappa shape index (κ2) is 6.58. The Labute approximate surface area is 133 Å². The lowest BCUT2D eigenvalue weighted by Gasteiger charge is -2.13. The van der Waals surface area contributed by atoms with E-state index in [4.69, 9.17) is 17.3 Å². The van der Waals surface area contributed by atoms with Crippen molar-refractivity contribution in [2.45, 2.75) is 13.3 Å². The van der Waals surface area contributed by atoms with Crippen LogP contribution >= 0.6 is 11.6 Å². The Morgan fingerprint density at radius 2 is 1.95 bits per heavy atom. The maximum absolute atomic E-state index is 12.2. The van der Waals surface area contributed by atoms with Gasteiger partial charge in [0.15, 0.2) is 11.5 Å². The zero-order valence-corrected chi connectivity index (χ0v) is 12.8. The van der Waals surface area contributed by atoms with E-state index in [1.54, 1.807) is 31.2 Å². The summed E-state index contributed by atoms with van der Waals surface area (Å²) in [5.74, 6) is -0.874. The van der Waals surface area contributed by atoms with Gasteiger partial charge in [-0.25, -0.2) is 0 Å². The average molecular weight is 321 g/mol. The van der Waals surface area contributed by atoms with Crippen molar-refractivity contribution in [3.05, 3.63) is 47.0 Å². The number of amides is 1. The van der Waals surface area contributed by atoms with Crippen LogP contribution in [0, 0.1) is 5.92 Å². The summed E-state index contributed by atoms with van der Waals surface area (Å²) in [6, 6.07) is 9.40. The largest absolute Gasteiger partial charge is 0.504 e. The van der Waals surface area contributed by atoms with Gasteiger partial charge in [0, 0.05) is 11.6 Å². The minimum atomic E-state index is -0.319. The van der Waals surface area contributed by atoms with Crippen LogP contribution in [0.25, 0.3) is 0 Å². The van der Waals surface area contributed by atoms with Crippen molar-refractivity contribution in [1.82, 2.24) is 0 Å². The Hall–Kier alpha value is -2.40. The van der Waals surface area contributed by atoms with Crippen LogP contribution in [0.15, 0.2) is 36.4 Å². The van der Waals surface area contributed by atoms with Gasteiger partial charge in [0.2, 0.25) is 5.91 Å². The highest BCUT2D eigenvalue weighted by molar-refractivity contribution is 6.33. The van der Waals surface area contributed by atoms with Gasteiger partial charge in [-0.15, -0.1) is 0 Å². The number of aromatic hydroxyl groups is 2. The maximum Gasteiger partial charge on any atom is 0.227 e. The fraction of sp³-hybridized carbons (Fsp3) is 0.188. The van der Waals surface area contributed by atoms with Gasteiger partial charge in [0.1, 0.15) is 0 Å². The van der Waals surface area contributed by atoms with E-state index in [1.807, 2.05) is 0 Å². The summed E-state index contributed by atoms with van der Waals surface area (Å²) < 4.78 is 0. The summed E-state index contributed by atoms with van der Waals surface area (Å²) >= 11 is 5.91. The molecule has 0 aliphatic heterocycles. The normalized spacial score (nSPS) is 11.9. The Morgan fingerprint density at radius 3 is 2.59 bits per heavy atom. The Bertz CT molecular complexity index is 704. The monoisotopic (exact) mass is 320 g/mol. The predicted molar refractivity (Wildman–Crippen MR) is 87.1 cm³/mol. The molecule has 116 valence electrons. The zero-order chi connectivity index (χ0) is 16.3. The SMILES string of the molecule is CC(Cc1ccc(O)c(O)c1)C(=O)Nc1ccc(N)c(Cl)c1. The Balaban J connectivity index is 2.02. The molecule has 0 saturated carbocycles. The Kier molecular flexibility index (Phi) is 4.78. The van der Waals surface area contributed by atoms with Crippen LogP contribution in [0.1, 0.15) is 12.5 Å². The topological polar surface area (TPSA) is 95.6 Å². The number of hydrogen-bond donors (Lipinski definition) is 4. The molecule has 2 aromatic rings. The van der Waals surface area contributed by atoms with Crippen LogP contribution in [0.4, 0.5) is 11.4 Å². The van der Waals surface area contributed by atoms with E-state index in [1.165, 1.54) is 12.1 Å². The van der Waals surface area contributed by atoms with Crippen molar-refractivity contribution in [1.29, 1.82) is 0 Å². The first kappa shape index (κ1) is 16.0. The number of carbonyl (C=O) groups is 1. The standard InChI is InChI=1S/C16H17ClN2O3/c1-9(6-10-2-5-14(20)15(21)7-10)16(22)19-11-3-4-13(18)12(17)8-11/h2-5,7-9,20-21H,6,18H2,1H3,(H,19,22). The fourth-order valence-corrected chi connectivity index (χ4v) is 2.19. The second-order valence-corrected chi connectivity index (χ2v) is 5.56. The third-order valence-electron chi connectivity index (χ3n) is 3.30. The highest BCUT2D eigenvalue weighted by atomic mass is 35.5. The van der Waals surface area contributed by atoms with E-state index in [-0.39, 0.29) is 23.3 Å². The van der Waals surface area contributed by atoms with Crippen LogP contribution in [0.3, 0.4) is 0 Å². The second-order valence-electron chi connectivity index (χ2n) is 5.15. The van der Waals surface area contributed by atoms with Crippen molar-refractivity contribution in [2.75, 3.05) is 11.1 Å². The molecule has 5 N–H and O–H groups in total. The highest BCUT2D eigenvalue weighted by Gasteiger charge is 2.15. The summed E-state index contributed by atoms with van der Waals surface area (Å²) in [5.41, 5.74) is 7.40. The van der Waals surface area contributed by atoms with Crippen LogP contribution in [-0.4, -0.2) is 16.1 Å². The molecule has 2 rings (SSSR count). The number of halogens is 1. The van der Waals surface area contributed by atoms with Crippen LogP contribution in [0.5, 0.6) is 11.5 Å². The van der Waals surface area contributed by atoms with Crippen molar-refractivity contribution in [3.8, 4) is 11.5 Å². The Morgan fingerprint density at radius 1 is 1.23 bits per heavy atom. The number of nitrogens with one attached hydrogen (secondary N) is 1. The molecule has 2 aromatic carbocycles. The van der Waals surface area contributed by atoms with E-state index < -0.39 is 0 Å². The molecule has 1 unspecified atom stereocenters. The maximum atomic E-state index is 12.2. The van der Waals surface area contributed by atoms with Crippen molar-refractivity contribution >= 4 is 28.9 Å². The van der Waals surface area contributed by atoms with E-state index in [0.29, 0.717) is 22.8 Å². The highest BCUT2D eigenvalue weighted by Crippen LogP contribution is 2.27. The number of rotatable bonds is 4. The molecule has 1 amide bonds. The third-order valence-corrected chi connectivity index (χ3v) is 3.62. The van der Waals surface area contributed by atoms with Crippen LogP contribution in [-0.2, 0) is 11.2 Å². The van der Waals surface area contributed by atoms with Gasteiger partial charge in [-0.2, -0.15) is 0 Å². The summed E-state index contributed by atoms with van der Waals surface area (Å²) in [4.78, 5) is 12.2. The number of benzene rings is 2. The summed E-state index contributed by atoms with van der Waals surface area (Å²) in [6.45, 7) is 1.78. The minimum absolute atomic E-state index is 0.173. The van der Waals surface area contributed by atoms with E-state index in [9.17, 15) is 15.0 Å². The van der Waals surface area contributed by atoms with Gasteiger partial charge in [0.25, 0.3) is 0 Å². The van der Waals surface area contributed by atoms with Gasteiger partial charge >= 0.3 is 0 Å².